The normalized spacial score (nSPS) is 12.4. The van der Waals surface area contributed by atoms with E-state index in [0.717, 1.165) is 17.9 Å². The number of carbonyl (C=O) groups is 1. The number of aryl methyl sites for hydroxylation is 2. The molecule has 0 aliphatic carbocycles. The van der Waals surface area contributed by atoms with E-state index < -0.39 is 6.04 Å². The summed E-state index contributed by atoms with van der Waals surface area (Å²) in [6.07, 6.45) is 5.56. The number of rotatable bonds is 8. The van der Waals surface area contributed by atoms with Gasteiger partial charge in [0.2, 0.25) is 0 Å². The fraction of sp³-hybridized carbons (Fsp3) is 0.667. The second-order valence-electron chi connectivity index (χ2n) is 4.03. The summed E-state index contributed by atoms with van der Waals surface area (Å²) >= 11 is 1.80. The maximum Gasteiger partial charge on any atom is 0.322 e. The standard InChI is InChI=1S/C12H21N3O2S/c1-3-17-12(16)11(13)5-7-18-6-4-10-8-14-15(2)9-10/h8-9,11H,3-7,13H2,1-2H3. The number of carbonyl (C=O) groups excluding carboxylic acids is 1. The molecule has 1 unspecified atom stereocenters. The highest BCUT2D eigenvalue weighted by Crippen LogP contribution is 2.08. The molecule has 0 saturated heterocycles. The number of thioether (sulfide) groups is 1. The van der Waals surface area contributed by atoms with E-state index in [4.69, 9.17) is 10.5 Å². The van der Waals surface area contributed by atoms with Crippen LogP contribution in [0.25, 0.3) is 0 Å². The molecule has 1 heterocycles. The van der Waals surface area contributed by atoms with Crippen LogP contribution in [0.15, 0.2) is 12.4 Å². The summed E-state index contributed by atoms with van der Waals surface area (Å²) in [6, 6.07) is -0.490. The molecule has 1 aromatic rings. The van der Waals surface area contributed by atoms with Gasteiger partial charge in [-0.25, -0.2) is 0 Å². The topological polar surface area (TPSA) is 70.1 Å². The Labute approximate surface area is 112 Å². The first kappa shape index (κ1) is 15.0. The Morgan fingerprint density at radius 1 is 1.61 bits per heavy atom. The average Bonchev–Trinajstić information content (AvgIpc) is 2.74. The van der Waals surface area contributed by atoms with Gasteiger partial charge >= 0.3 is 5.97 Å². The number of hydrogen-bond acceptors (Lipinski definition) is 5. The van der Waals surface area contributed by atoms with Gasteiger partial charge in [0.15, 0.2) is 0 Å². The molecule has 102 valence electrons. The molecule has 0 radical (unpaired) electrons. The smallest absolute Gasteiger partial charge is 0.322 e. The van der Waals surface area contributed by atoms with Crippen LogP contribution in [0.1, 0.15) is 18.9 Å². The largest absolute Gasteiger partial charge is 0.465 e. The van der Waals surface area contributed by atoms with E-state index >= 15 is 0 Å². The fourth-order valence-electron chi connectivity index (χ4n) is 1.47. The van der Waals surface area contributed by atoms with Gasteiger partial charge in [-0.05, 0) is 36.8 Å². The SMILES string of the molecule is CCOC(=O)C(N)CCSCCc1cnn(C)c1. The maximum atomic E-state index is 11.3. The van der Waals surface area contributed by atoms with Crippen molar-refractivity contribution < 1.29 is 9.53 Å². The minimum absolute atomic E-state index is 0.301. The molecule has 0 spiro atoms. The summed E-state index contributed by atoms with van der Waals surface area (Å²) in [6.45, 7) is 2.17. The minimum atomic E-state index is -0.490. The molecule has 18 heavy (non-hydrogen) atoms. The molecule has 1 aromatic heterocycles. The van der Waals surface area contributed by atoms with Crippen LogP contribution < -0.4 is 5.73 Å². The first-order valence-corrected chi connectivity index (χ1v) is 7.26. The van der Waals surface area contributed by atoms with Crippen LogP contribution in [0.4, 0.5) is 0 Å². The molecular formula is C12H21N3O2S. The zero-order valence-corrected chi connectivity index (χ0v) is 11.8. The van der Waals surface area contributed by atoms with Gasteiger partial charge in [-0.15, -0.1) is 0 Å². The lowest BCUT2D eigenvalue weighted by Crippen LogP contribution is -2.32. The molecule has 0 aliphatic heterocycles. The van der Waals surface area contributed by atoms with Crippen molar-refractivity contribution in [2.75, 3.05) is 18.1 Å². The van der Waals surface area contributed by atoms with Gasteiger partial charge in [0, 0.05) is 13.2 Å². The highest BCUT2D eigenvalue weighted by atomic mass is 32.2. The van der Waals surface area contributed by atoms with Crippen molar-refractivity contribution in [3.8, 4) is 0 Å². The van der Waals surface area contributed by atoms with Crippen LogP contribution >= 0.6 is 11.8 Å². The molecule has 0 aliphatic rings. The molecule has 0 amide bonds. The average molecular weight is 271 g/mol. The molecule has 1 rings (SSSR count). The van der Waals surface area contributed by atoms with E-state index in [-0.39, 0.29) is 5.97 Å². The Kier molecular flexibility index (Phi) is 6.82. The molecule has 1 atom stereocenters. The van der Waals surface area contributed by atoms with Gasteiger partial charge in [-0.3, -0.25) is 9.48 Å². The Balaban J connectivity index is 2.06. The van der Waals surface area contributed by atoms with Crippen molar-refractivity contribution in [2.24, 2.45) is 12.8 Å². The van der Waals surface area contributed by atoms with Gasteiger partial charge in [-0.1, -0.05) is 0 Å². The molecule has 5 nitrogen and oxygen atoms in total. The van der Waals surface area contributed by atoms with Gasteiger partial charge in [0.1, 0.15) is 6.04 Å². The number of esters is 1. The fourth-order valence-corrected chi connectivity index (χ4v) is 2.48. The molecule has 0 fully saturated rings. The molecule has 6 heteroatoms. The second kappa shape index (κ2) is 8.16. The van der Waals surface area contributed by atoms with Crippen LogP contribution in [-0.2, 0) is 23.0 Å². The van der Waals surface area contributed by atoms with Crippen LogP contribution in [-0.4, -0.2) is 39.9 Å². The predicted octanol–water partition coefficient (Wildman–Crippen LogP) is 0.976. The molecule has 0 saturated carbocycles. The highest BCUT2D eigenvalue weighted by molar-refractivity contribution is 7.99. The first-order chi connectivity index (χ1) is 8.63. The van der Waals surface area contributed by atoms with E-state index in [1.54, 1.807) is 23.4 Å². The number of nitrogens with zero attached hydrogens (tertiary/aromatic N) is 2. The molecule has 2 N–H and O–H groups in total. The summed E-state index contributed by atoms with van der Waals surface area (Å²) in [5.74, 6) is 1.59. The van der Waals surface area contributed by atoms with Gasteiger partial charge in [-0.2, -0.15) is 16.9 Å². The Morgan fingerprint density at radius 3 is 3.00 bits per heavy atom. The van der Waals surface area contributed by atoms with E-state index in [9.17, 15) is 4.79 Å². The number of hydrogen-bond donors (Lipinski definition) is 1. The van der Waals surface area contributed by atoms with E-state index in [1.807, 2.05) is 19.4 Å². The Hall–Kier alpha value is -1.01. The monoisotopic (exact) mass is 271 g/mol. The summed E-state index contributed by atoms with van der Waals surface area (Å²) in [7, 11) is 1.91. The van der Waals surface area contributed by atoms with Crippen molar-refractivity contribution in [1.82, 2.24) is 9.78 Å². The second-order valence-corrected chi connectivity index (χ2v) is 5.26. The van der Waals surface area contributed by atoms with Crippen molar-refractivity contribution in [1.29, 1.82) is 0 Å². The van der Waals surface area contributed by atoms with Gasteiger partial charge < -0.3 is 10.5 Å². The summed E-state index contributed by atoms with van der Waals surface area (Å²) in [5.41, 5.74) is 6.93. The summed E-state index contributed by atoms with van der Waals surface area (Å²) < 4.78 is 6.65. The van der Waals surface area contributed by atoms with Crippen molar-refractivity contribution in [3.63, 3.8) is 0 Å². The number of aromatic nitrogens is 2. The summed E-state index contributed by atoms with van der Waals surface area (Å²) in [5, 5.41) is 4.11. The Morgan fingerprint density at radius 2 is 2.39 bits per heavy atom. The minimum Gasteiger partial charge on any atom is -0.465 e. The third kappa shape index (κ3) is 5.55. The molecule has 0 bridgehead atoms. The maximum absolute atomic E-state index is 11.3. The zero-order valence-electron chi connectivity index (χ0n) is 11.0. The lowest BCUT2D eigenvalue weighted by atomic mass is 10.2. The first-order valence-electron chi connectivity index (χ1n) is 6.11. The van der Waals surface area contributed by atoms with Crippen LogP contribution in [0, 0.1) is 0 Å². The van der Waals surface area contributed by atoms with Crippen molar-refractivity contribution in [2.45, 2.75) is 25.8 Å². The van der Waals surface area contributed by atoms with Crippen molar-refractivity contribution in [3.05, 3.63) is 18.0 Å². The van der Waals surface area contributed by atoms with E-state index in [2.05, 4.69) is 5.10 Å². The predicted molar refractivity (Wildman–Crippen MR) is 73.5 cm³/mol. The van der Waals surface area contributed by atoms with Gasteiger partial charge in [0.25, 0.3) is 0 Å². The van der Waals surface area contributed by atoms with E-state index in [0.29, 0.717) is 13.0 Å². The lowest BCUT2D eigenvalue weighted by molar-refractivity contribution is -0.144. The highest BCUT2D eigenvalue weighted by Gasteiger charge is 2.13. The van der Waals surface area contributed by atoms with E-state index in [1.165, 1.54) is 5.56 Å². The number of ether oxygens (including phenoxy) is 1. The zero-order chi connectivity index (χ0) is 13.4. The third-order valence-corrected chi connectivity index (χ3v) is 3.47. The van der Waals surface area contributed by atoms with Crippen molar-refractivity contribution >= 4 is 17.7 Å². The quantitative estimate of drug-likeness (QED) is 0.564. The third-order valence-electron chi connectivity index (χ3n) is 2.46. The van der Waals surface area contributed by atoms with Crippen LogP contribution in [0.3, 0.4) is 0 Å². The van der Waals surface area contributed by atoms with Gasteiger partial charge in [0.05, 0.1) is 12.8 Å². The van der Waals surface area contributed by atoms with Crippen LogP contribution in [0.5, 0.6) is 0 Å². The lowest BCUT2D eigenvalue weighted by Gasteiger charge is -2.09. The number of nitrogens with two attached hydrogens (primary N) is 1. The Bertz CT molecular complexity index is 368. The molecule has 0 aromatic carbocycles. The van der Waals surface area contributed by atoms with Crippen LogP contribution in [0.2, 0.25) is 0 Å². The summed E-state index contributed by atoms with van der Waals surface area (Å²) in [4.78, 5) is 11.3. The molecular weight excluding hydrogens is 250 g/mol.